The molecule has 1 amide bonds. The van der Waals surface area contributed by atoms with Gasteiger partial charge in [-0.1, -0.05) is 18.9 Å². The number of nitrogens with two attached hydrogens (primary N) is 1. The Kier molecular flexibility index (Phi) is 5.70. The summed E-state index contributed by atoms with van der Waals surface area (Å²) in [5, 5.41) is 2.73. The molecule has 116 valence electrons. The number of halogens is 1. The first-order valence-electron chi connectivity index (χ1n) is 7.56. The number of likely N-dealkylation sites (N-methyl/N-ethyl adjacent to an activating group) is 1. The first-order valence-corrected chi connectivity index (χ1v) is 7.56. The highest BCUT2D eigenvalue weighted by Crippen LogP contribution is 2.27. The number of carbonyl (C=O) groups is 1. The second kappa shape index (κ2) is 7.52. The average Bonchev–Trinajstić information content (AvgIpc) is 2.47. The highest BCUT2D eigenvalue weighted by molar-refractivity contribution is 5.92. The summed E-state index contributed by atoms with van der Waals surface area (Å²) in [7, 11) is 1.96. The van der Waals surface area contributed by atoms with Crippen molar-refractivity contribution in [1.29, 1.82) is 0 Å². The van der Waals surface area contributed by atoms with Crippen LogP contribution in [0.1, 0.15) is 25.7 Å². The summed E-state index contributed by atoms with van der Waals surface area (Å²) in [5.74, 6) is -0.00760. The van der Waals surface area contributed by atoms with Crippen LogP contribution < -0.4 is 11.1 Å². The molecule has 0 aromatic heterocycles. The van der Waals surface area contributed by atoms with Crippen LogP contribution in [-0.4, -0.2) is 37.0 Å². The van der Waals surface area contributed by atoms with Crippen LogP contribution in [0.15, 0.2) is 24.3 Å². The van der Waals surface area contributed by atoms with Crippen molar-refractivity contribution in [2.24, 2.45) is 11.7 Å². The van der Waals surface area contributed by atoms with E-state index < -0.39 is 0 Å². The molecule has 3 N–H and O–H groups in total. The zero-order chi connectivity index (χ0) is 15.2. The van der Waals surface area contributed by atoms with Gasteiger partial charge in [-0.25, -0.2) is 4.39 Å². The number of hydrogen-bond acceptors (Lipinski definition) is 3. The van der Waals surface area contributed by atoms with E-state index >= 15 is 0 Å². The molecular weight excluding hydrogens is 269 g/mol. The van der Waals surface area contributed by atoms with E-state index in [1.54, 1.807) is 12.1 Å². The molecule has 21 heavy (non-hydrogen) atoms. The van der Waals surface area contributed by atoms with Gasteiger partial charge < -0.3 is 11.1 Å². The number of rotatable bonds is 5. The van der Waals surface area contributed by atoms with Crippen molar-refractivity contribution < 1.29 is 9.18 Å². The molecule has 2 unspecified atom stereocenters. The topological polar surface area (TPSA) is 58.4 Å². The van der Waals surface area contributed by atoms with Gasteiger partial charge in [0.05, 0.1) is 6.54 Å². The number of nitrogens with one attached hydrogen (secondary N) is 1. The number of benzene rings is 1. The molecule has 1 aromatic carbocycles. The molecule has 4 nitrogen and oxygen atoms in total. The second-order valence-electron chi connectivity index (χ2n) is 5.82. The van der Waals surface area contributed by atoms with Gasteiger partial charge in [0.2, 0.25) is 5.91 Å². The van der Waals surface area contributed by atoms with Crippen LogP contribution in [0, 0.1) is 11.7 Å². The predicted molar refractivity (Wildman–Crippen MR) is 82.5 cm³/mol. The smallest absolute Gasteiger partial charge is 0.238 e. The molecule has 0 aliphatic heterocycles. The van der Waals surface area contributed by atoms with Crippen molar-refractivity contribution >= 4 is 11.6 Å². The Morgan fingerprint density at radius 2 is 2.19 bits per heavy atom. The summed E-state index contributed by atoms with van der Waals surface area (Å²) < 4.78 is 13.1. The Labute approximate surface area is 125 Å². The van der Waals surface area contributed by atoms with Crippen LogP contribution in [0.4, 0.5) is 10.1 Å². The lowest BCUT2D eigenvalue weighted by atomic mass is 9.84. The Balaban J connectivity index is 1.89. The van der Waals surface area contributed by atoms with Crippen LogP contribution in [0.3, 0.4) is 0 Å². The van der Waals surface area contributed by atoms with Crippen molar-refractivity contribution in [3.63, 3.8) is 0 Å². The van der Waals surface area contributed by atoms with E-state index in [2.05, 4.69) is 10.2 Å². The Morgan fingerprint density at radius 3 is 2.90 bits per heavy atom. The molecule has 1 saturated carbocycles. The van der Waals surface area contributed by atoms with E-state index in [1.807, 2.05) is 7.05 Å². The van der Waals surface area contributed by atoms with Gasteiger partial charge >= 0.3 is 0 Å². The third-order valence-electron chi connectivity index (χ3n) is 4.24. The fraction of sp³-hybridized carbons (Fsp3) is 0.562. The molecule has 0 saturated heterocycles. The molecule has 1 aliphatic rings. The molecule has 0 bridgehead atoms. The van der Waals surface area contributed by atoms with Crippen LogP contribution in [0.5, 0.6) is 0 Å². The van der Waals surface area contributed by atoms with Gasteiger partial charge in [0.1, 0.15) is 5.82 Å². The lowest BCUT2D eigenvalue weighted by Gasteiger charge is -2.37. The maximum absolute atomic E-state index is 13.1. The fourth-order valence-corrected chi connectivity index (χ4v) is 3.15. The van der Waals surface area contributed by atoms with Gasteiger partial charge in [-0.05, 0) is 50.6 Å². The molecule has 0 spiro atoms. The van der Waals surface area contributed by atoms with E-state index in [0.29, 0.717) is 30.7 Å². The fourth-order valence-electron chi connectivity index (χ4n) is 3.15. The SMILES string of the molecule is CN(CC(=O)Nc1cccc(F)c1)C1CCCCC1CN. The quantitative estimate of drug-likeness (QED) is 0.875. The van der Waals surface area contributed by atoms with Crippen molar-refractivity contribution in [2.75, 3.05) is 25.5 Å². The molecule has 0 radical (unpaired) electrons. The van der Waals surface area contributed by atoms with Gasteiger partial charge in [-0.3, -0.25) is 9.69 Å². The predicted octanol–water partition coefficient (Wildman–Crippen LogP) is 2.21. The van der Waals surface area contributed by atoms with E-state index in [1.165, 1.54) is 25.0 Å². The zero-order valence-corrected chi connectivity index (χ0v) is 12.5. The van der Waals surface area contributed by atoms with Crippen molar-refractivity contribution in [3.05, 3.63) is 30.1 Å². The molecule has 5 heteroatoms. The highest BCUT2D eigenvalue weighted by Gasteiger charge is 2.28. The van der Waals surface area contributed by atoms with Gasteiger partial charge in [0.25, 0.3) is 0 Å². The summed E-state index contributed by atoms with van der Waals surface area (Å²) in [6.45, 7) is 0.970. The molecule has 1 aliphatic carbocycles. The lowest BCUT2D eigenvalue weighted by Crippen LogP contribution is -2.45. The average molecular weight is 293 g/mol. The Morgan fingerprint density at radius 1 is 1.43 bits per heavy atom. The summed E-state index contributed by atoms with van der Waals surface area (Å²) >= 11 is 0. The van der Waals surface area contributed by atoms with Gasteiger partial charge in [-0.2, -0.15) is 0 Å². The molecular formula is C16H24FN3O. The number of carbonyl (C=O) groups excluding carboxylic acids is 1. The third-order valence-corrected chi connectivity index (χ3v) is 4.24. The van der Waals surface area contributed by atoms with Crippen molar-refractivity contribution in [3.8, 4) is 0 Å². The molecule has 2 atom stereocenters. The van der Waals surface area contributed by atoms with Crippen LogP contribution >= 0.6 is 0 Å². The van der Waals surface area contributed by atoms with Gasteiger partial charge in [0, 0.05) is 11.7 Å². The van der Waals surface area contributed by atoms with Crippen LogP contribution in [0.25, 0.3) is 0 Å². The minimum atomic E-state index is -0.350. The van der Waals surface area contributed by atoms with E-state index in [-0.39, 0.29) is 11.7 Å². The van der Waals surface area contributed by atoms with Crippen molar-refractivity contribution in [2.45, 2.75) is 31.7 Å². The zero-order valence-electron chi connectivity index (χ0n) is 12.5. The van der Waals surface area contributed by atoms with Crippen molar-refractivity contribution in [1.82, 2.24) is 4.90 Å². The first-order chi connectivity index (χ1) is 10.1. The number of amides is 1. The molecule has 1 fully saturated rings. The number of nitrogens with zero attached hydrogens (tertiary/aromatic N) is 1. The Bertz CT molecular complexity index is 480. The summed E-state index contributed by atoms with van der Waals surface area (Å²) in [6, 6.07) is 6.31. The molecule has 1 aromatic rings. The maximum atomic E-state index is 13.1. The largest absolute Gasteiger partial charge is 0.330 e. The van der Waals surface area contributed by atoms with Crippen LogP contribution in [0.2, 0.25) is 0 Å². The first kappa shape index (κ1) is 15.9. The van der Waals surface area contributed by atoms with E-state index in [0.717, 1.165) is 12.8 Å². The lowest BCUT2D eigenvalue weighted by molar-refractivity contribution is -0.117. The summed E-state index contributed by atoms with van der Waals surface area (Å²) in [6.07, 6.45) is 4.64. The van der Waals surface area contributed by atoms with Gasteiger partial charge in [0.15, 0.2) is 0 Å². The Hall–Kier alpha value is -1.46. The molecule has 2 rings (SSSR count). The molecule has 0 heterocycles. The normalized spacial score (nSPS) is 22.3. The maximum Gasteiger partial charge on any atom is 0.238 e. The minimum Gasteiger partial charge on any atom is -0.330 e. The second-order valence-corrected chi connectivity index (χ2v) is 5.82. The summed E-state index contributed by atoms with van der Waals surface area (Å²) in [4.78, 5) is 14.1. The standard InChI is InChI=1S/C16H24FN3O/c1-20(15-8-3-2-5-12(15)10-18)11-16(21)19-14-7-4-6-13(17)9-14/h4,6-7,9,12,15H,2-3,5,8,10-11,18H2,1H3,(H,19,21). The third kappa shape index (κ3) is 4.51. The summed E-state index contributed by atoms with van der Waals surface area (Å²) in [5.41, 5.74) is 6.33. The van der Waals surface area contributed by atoms with E-state index in [4.69, 9.17) is 5.73 Å². The van der Waals surface area contributed by atoms with E-state index in [9.17, 15) is 9.18 Å². The number of anilines is 1. The minimum absolute atomic E-state index is 0.121. The highest BCUT2D eigenvalue weighted by atomic mass is 19.1. The van der Waals surface area contributed by atoms with Gasteiger partial charge in [-0.15, -0.1) is 0 Å². The van der Waals surface area contributed by atoms with Crippen LogP contribution in [-0.2, 0) is 4.79 Å². The monoisotopic (exact) mass is 293 g/mol. The number of hydrogen-bond donors (Lipinski definition) is 2.